The standard InChI is InChI=1S/C7H8N2O2/c1-7(3-2-6(10)11)4-5-8-9-7/h2-5H,1H3,(H,10,11)/b3-2+. The van der Waals surface area contributed by atoms with Gasteiger partial charge in [-0.15, -0.1) is 0 Å². The average Bonchev–Trinajstić information content (AvgIpc) is 2.33. The van der Waals surface area contributed by atoms with Crippen LogP contribution in [-0.4, -0.2) is 16.6 Å². The molecule has 1 N–H and O–H groups in total. The molecule has 0 spiro atoms. The SMILES string of the molecule is CC1(/C=C/C(=O)O)C=CN=N1. The fraction of sp³-hybridized carbons (Fsp3) is 0.286. The summed E-state index contributed by atoms with van der Waals surface area (Å²) in [4.78, 5) is 10.1. The van der Waals surface area contributed by atoms with Crippen LogP contribution in [0.4, 0.5) is 0 Å². The molecule has 0 aliphatic carbocycles. The van der Waals surface area contributed by atoms with Gasteiger partial charge in [-0.3, -0.25) is 0 Å². The van der Waals surface area contributed by atoms with Crippen LogP contribution < -0.4 is 0 Å². The molecule has 0 bridgehead atoms. The maximum atomic E-state index is 10.1. The van der Waals surface area contributed by atoms with Gasteiger partial charge in [0.25, 0.3) is 0 Å². The Balaban J connectivity index is 2.68. The van der Waals surface area contributed by atoms with E-state index in [2.05, 4.69) is 10.2 Å². The molecule has 1 aliphatic rings. The lowest BCUT2D eigenvalue weighted by atomic mass is 10.0. The molecule has 1 aliphatic heterocycles. The summed E-state index contributed by atoms with van der Waals surface area (Å²) in [5, 5.41) is 15.7. The number of rotatable bonds is 2. The number of hydrogen-bond donors (Lipinski definition) is 1. The van der Waals surface area contributed by atoms with E-state index in [1.807, 2.05) is 0 Å². The molecule has 0 radical (unpaired) electrons. The molecule has 0 aromatic heterocycles. The van der Waals surface area contributed by atoms with Gasteiger partial charge in [0.15, 0.2) is 0 Å². The first-order valence-electron chi connectivity index (χ1n) is 3.14. The summed E-state index contributed by atoms with van der Waals surface area (Å²) < 4.78 is 0. The Morgan fingerprint density at radius 1 is 1.73 bits per heavy atom. The van der Waals surface area contributed by atoms with Gasteiger partial charge < -0.3 is 5.11 Å². The predicted molar refractivity (Wildman–Crippen MR) is 39.2 cm³/mol. The Bertz CT molecular complexity index is 241. The van der Waals surface area contributed by atoms with Crippen LogP contribution in [-0.2, 0) is 4.79 Å². The normalized spacial score (nSPS) is 28.5. The zero-order valence-electron chi connectivity index (χ0n) is 6.06. The highest BCUT2D eigenvalue weighted by Crippen LogP contribution is 2.19. The van der Waals surface area contributed by atoms with Crippen molar-refractivity contribution in [3.05, 3.63) is 24.4 Å². The van der Waals surface area contributed by atoms with Crippen LogP contribution in [0.25, 0.3) is 0 Å². The molecule has 4 nitrogen and oxygen atoms in total. The Labute approximate surface area is 63.9 Å². The molecule has 1 unspecified atom stereocenters. The third-order valence-corrected chi connectivity index (χ3v) is 1.32. The third-order valence-electron chi connectivity index (χ3n) is 1.32. The number of hydrogen-bond acceptors (Lipinski definition) is 3. The molecule has 0 fully saturated rings. The van der Waals surface area contributed by atoms with Crippen molar-refractivity contribution < 1.29 is 9.90 Å². The van der Waals surface area contributed by atoms with E-state index >= 15 is 0 Å². The lowest BCUT2D eigenvalue weighted by molar-refractivity contribution is -0.131. The van der Waals surface area contributed by atoms with E-state index < -0.39 is 11.5 Å². The van der Waals surface area contributed by atoms with Crippen molar-refractivity contribution in [2.75, 3.05) is 0 Å². The number of aliphatic carboxylic acids is 1. The molecule has 0 aromatic carbocycles. The third kappa shape index (κ3) is 2.00. The smallest absolute Gasteiger partial charge is 0.328 e. The minimum absolute atomic E-state index is 0.557. The fourth-order valence-corrected chi connectivity index (χ4v) is 0.704. The molecule has 4 heteroatoms. The predicted octanol–water partition coefficient (Wildman–Crippen LogP) is 1.37. The minimum Gasteiger partial charge on any atom is -0.478 e. The summed E-state index contributed by atoms with van der Waals surface area (Å²) >= 11 is 0. The topological polar surface area (TPSA) is 62.0 Å². The molecule has 1 atom stereocenters. The van der Waals surface area contributed by atoms with Gasteiger partial charge in [-0.1, -0.05) is 0 Å². The number of carboxylic acids is 1. The molecule has 0 saturated carbocycles. The van der Waals surface area contributed by atoms with E-state index in [0.717, 1.165) is 6.08 Å². The van der Waals surface area contributed by atoms with E-state index in [0.29, 0.717) is 0 Å². The number of carboxylic acid groups (broad SMARTS) is 1. The monoisotopic (exact) mass is 152 g/mol. The number of azo groups is 1. The van der Waals surface area contributed by atoms with Crippen LogP contribution in [0.1, 0.15) is 6.92 Å². The number of nitrogens with zero attached hydrogens (tertiary/aromatic N) is 2. The van der Waals surface area contributed by atoms with Crippen LogP contribution >= 0.6 is 0 Å². The molecule has 0 saturated heterocycles. The van der Waals surface area contributed by atoms with Crippen molar-refractivity contribution in [2.45, 2.75) is 12.5 Å². The van der Waals surface area contributed by atoms with Gasteiger partial charge in [-0.25, -0.2) is 4.79 Å². The zero-order chi connectivity index (χ0) is 8.32. The molecule has 0 aromatic rings. The van der Waals surface area contributed by atoms with Gasteiger partial charge in [0.05, 0.1) is 0 Å². The average molecular weight is 152 g/mol. The summed E-state index contributed by atoms with van der Waals surface area (Å²) in [5.74, 6) is -0.971. The molecule has 0 amide bonds. The summed E-state index contributed by atoms with van der Waals surface area (Å²) in [5.41, 5.74) is -0.557. The Kier molecular flexibility index (Phi) is 1.85. The van der Waals surface area contributed by atoms with E-state index in [1.165, 1.54) is 6.08 Å². The second kappa shape index (κ2) is 2.65. The second-order valence-electron chi connectivity index (χ2n) is 2.43. The largest absolute Gasteiger partial charge is 0.478 e. The van der Waals surface area contributed by atoms with E-state index in [4.69, 9.17) is 5.11 Å². The highest BCUT2D eigenvalue weighted by atomic mass is 16.4. The van der Waals surface area contributed by atoms with E-state index in [-0.39, 0.29) is 0 Å². The van der Waals surface area contributed by atoms with Crippen molar-refractivity contribution >= 4 is 5.97 Å². The molecule has 1 heterocycles. The van der Waals surface area contributed by atoms with Gasteiger partial charge in [-0.05, 0) is 19.1 Å². The number of carbonyl (C=O) groups is 1. The highest BCUT2D eigenvalue weighted by Gasteiger charge is 2.18. The van der Waals surface area contributed by atoms with Crippen molar-refractivity contribution in [3.8, 4) is 0 Å². The lowest BCUT2D eigenvalue weighted by Crippen LogP contribution is -2.11. The lowest BCUT2D eigenvalue weighted by Gasteiger charge is -2.07. The van der Waals surface area contributed by atoms with Gasteiger partial charge in [0, 0.05) is 12.3 Å². The van der Waals surface area contributed by atoms with Gasteiger partial charge in [-0.2, -0.15) is 10.2 Å². The first-order valence-corrected chi connectivity index (χ1v) is 3.14. The fourth-order valence-electron chi connectivity index (χ4n) is 0.704. The van der Waals surface area contributed by atoms with Crippen LogP contribution in [0, 0.1) is 0 Å². The highest BCUT2D eigenvalue weighted by molar-refractivity contribution is 5.80. The van der Waals surface area contributed by atoms with Gasteiger partial charge in [0.1, 0.15) is 5.54 Å². The first kappa shape index (κ1) is 7.65. The maximum absolute atomic E-state index is 10.1. The Morgan fingerprint density at radius 3 is 2.91 bits per heavy atom. The molecular formula is C7H8N2O2. The zero-order valence-corrected chi connectivity index (χ0v) is 6.06. The summed E-state index contributed by atoms with van der Waals surface area (Å²) in [6, 6.07) is 0. The van der Waals surface area contributed by atoms with Crippen LogP contribution in [0.3, 0.4) is 0 Å². The Hall–Kier alpha value is -1.45. The van der Waals surface area contributed by atoms with Crippen molar-refractivity contribution in [3.63, 3.8) is 0 Å². The first-order chi connectivity index (χ1) is 5.12. The second-order valence-corrected chi connectivity index (χ2v) is 2.43. The summed E-state index contributed by atoms with van der Waals surface area (Å²) in [6.45, 7) is 1.78. The molecule has 1 rings (SSSR count). The van der Waals surface area contributed by atoms with Crippen LogP contribution in [0.5, 0.6) is 0 Å². The van der Waals surface area contributed by atoms with Gasteiger partial charge in [0.2, 0.25) is 0 Å². The molecule has 58 valence electrons. The molecule has 11 heavy (non-hydrogen) atoms. The van der Waals surface area contributed by atoms with Crippen LogP contribution in [0.2, 0.25) is 0 Å². The summed E-state index contributed by atoms with van der Waals surface area (Å²) in [6.07, 6.45) is 5.83. The maximum Gasteiger partial charge on any atom is 0.328 e. The van der Waals surface area contributed by atoms with Crippen molar-refractivity contribution in [1.29, 1.82) is 0 Å². The molecular weight excluding hydrogens is 144 g/mol. The van der Waals surface area contributed by atoms with Crippen LogP contribution in [0.15, 0.2) is 34.7 Å². The van der Waals surface area contributed by atoms with Crippen molar-refractivity contribution in [2.24, 2.45) is 10.2 Å². The minimum atomic E-state index is -0.971. The Morgan fingerprint density at radius 2 is 2.45 bits per heavy atom. The quantitative estimate of drug-likeness (QED) is 0.607. The van der Waals surface area contributed by atoms with Gasteiger partial charge >= 0.3 is 5.97 Å². The van der Waals surface area contributed by atoms with E-state index in [9.17, 15) is 4.79 Å². The van der Waals surface area contributed by atoms with E-state index in [1.54, 1.807) is 19.2 Å². The summed E-state index contributed by atoms with van der Waals surface area (Å²) in [7, 11) is 0. The van der Waals surface area contributed by atoms with Crippen molar-refractivity contribution in [1.82, 2.24) is 0 Å².